The molecule has 2 atom stereocenters. The average Bonchev–Trinajstić information content (AvgIpc) is 3.17. The van der Waals surface area contributed by atoms with E-state index in [1.165, 1.54) is 0 Å². The van der Waals surface area contributed by atoms with Crippen molar-refractivity contribution in [2.24, 2.45) is 11.6 Å². The molecule has 25 heavy (non-hydrogen) atoms. The fourth-order valence-corrected chi connectivity index (χ4v) is 3.22. The second-order valence-electron chi connectivity index (χ2n) is 6.18. The van der Waals surface area contributed by atoms with Crippen molar-refractivity contribution in [3.63, 3.8) is 0 Å². The molecule has 0 bridgehead atoms. The number of hydrogen-bond acceptors (Lipinski definition) is 7. The number of H-pyrrole nitrogens is 1. The number of aromatic amines is 1. The van der Waals surface area contributed by atoms with Crippen LogP contribution < -0.4 is 27.2 Å². The zero-order chi connectivity index (χ0) is 17.4. The Balaban J connectivity index is 1.60. The van der Waals surface area contributed by atoms with Crippen molar-refractivity contribution in [2.45, 2.75) is 18.4 Å². The summed E-state index contributed by atoms with van der Waals surface area (Å²) in [6.07, 6.45) is 3.87. The molecule has 1 saturated heterocycles. The number of methoxy groups -OCH3 is 1. The number of hydrogen-bond donors (Lipinski definition) is 5. The third-order valence-electron chi connectivity index (χ3n) is 4.55. The molecule has 1 aliphatic rings. The number of nitrogens with zero attached hydrogens (tertiary/aromatic N) is 2. The maximum atomic E-state index is 6.53. The number of nitrogens with two attached hydrogens (primary N) is 2. The van der Waals surface area contributed by atoms with Gasteiger partial charge < -0.3 is 9.72 Å². The van der Waals surface area contributed by atoms with Crippen LogP contribution in [0.15, 0.2) is 48.8 Å². The molecule has 8 nitrogen and oxygen atoms in total. The van der Waals surface area contributed by atoms with Crippen LogP contribution in [0.2, 0.25) is 0 Å². The van der Waals surface area contributed by atoms with Crippen LogP contribution in [0, 0.1) is 0 Å². The van der Waals surface area contributed by atoms with Crippen molar-refractivity contribution in [3.8, 4) is 5.75 Å². The molecule has 130 valence electrons. The smallest absolute Gasteiger partial charge is 0.154 e. The molecule has 0 aliphatic carbocycles. The van der Waals surface area contributed by atoms with Crippen LogP contribution in [-0.4, -0.2) is 27.9 Å². The molecule has 0 radical (unpaired) electrons. The monoisotopic (exact) mass is 339 g/mol. The van der Waals surface area contributed by atoms with Crippen molar-refractivity contribution in [1.82, 2.24) is 25.8 Å². The molecule has 3 aromatic rings. The SMILES string of the molecule is COc1cccc(CC2(N)NNC(c3c[nH]c4ncccc34)N2N)c1. The van der Waals surface area contributed by atoms with Gasteiger partial charge in [0, 0.05) is 29.8 Å². The number of nitrogens with one attached hydrogen (secondary N) is 3. The number of benzene rings is 1. The minimum Gasteiger partial charge on any atom is -0.497 e. The van der Waals surface area contributed by atoms with Crippen LogP contribution in [0.3, 0.4) is 0 Å². The Bertz CT molecular complexity index is 895. The molecule has 0 saturated carbocycles. The summed E-state index contributed by atoms with van der Waals surface area (Å²) in [5.74, 6) is 6.22. The van der Waals surface area contributed by atoms with Gasteiger partial charge in [0.25, 0.3) is 0 Å². The lowest BCUT2D eigenvalue weighted by molar-refractivity contribution is 0.0906. The zero-order valence-electron chi connectivity index (χ0n) is 13.9. The Morgan fingerprint density at radius 3 is 3.04 bits per heavy atom. The lowest BCUT2D eigenvalue weighted by atomic mass is 10.1. The molecule has 1 aliphatic heterocycles. The number of hydrazine groups is 2. The van der Waals surface area contributed by atoms with Crippen molar-refractivity contribution in [3.05, 3.63) is 59.9 Å². The Kier molecular flexibility index (Phi) is 3.91. The third kappa shape index (κ3) is 2.76. The Hall–Kier alpha value is -2.49. The number of rotatable bonds is 4. The Morgan fingerprint density at radius 1 is 1.32 bits per heavy atom. The summed E-state index contributed by atoms with van der Waals surface area (Å²) >= 11 is 0. The van der Waals surface area contributed by atoms with E-state index in [4.69, 9.17) is 16.3 Å². The standard InChI is InChI=1S/C17H21N7O/c1-25-12-5-2-4-11(8-12)9-17(18)23-22-16(24(17)19)14-10-21-15-13(14)6-3-7-20-15/h2-8,10,16,22-23H,9,18-19H2,1H3,(H,20,21). The molecule has 0 amide bonds. The van der Waals surface area contributed by atoms with Gasteiger partial charge in [0.05, 0.1) is 7.11 Å². The number of aromatic nitrogens is 2. The summed E-state index contributed by atoms with van der Waals surface area (Å²) in [7, 11) is 1.64. The van der Waals surface area contributed by atoms with Crippen LogP contribution in [0.5, 0.6) is 5.75 Å². The molecule has 8 heteroatoms. The van der Waals surface area contributed by atoms with E-state index in [1.807, 2.05) is 42.6 Å². The van der Waals surface area contributed by atoms with Crippen LogP contribution in [-0.2, 0) is 6.42 Å². The molecule has 7 N–H and O–H groups in total. The molecule has 1 fully saturated rings. The highest BCUT2D eigenvalue weighted by Crippen LogP contribution is 2.30. The fraction of sp³-hybridized carbons (Fsp3) is 0.235. The molecule has 3 heterocycles. The summed E-state index contributed by atoms with van der Waals surface area (Å²) in [6.45, 7) is 0. The summed E-state index contributed by atoms with van der Waals surface area (Å²) in [4.78, 5) is 7.47. The maximum Gasteiger partial charge on any atom is 0.154 e. The topological polar surface area (TPSA) is 117 Å². The van der Waals surface area contributed by atoms with Crippen molar-refractivity contribution >= 4 is 11.0 Å². The fourth-order valence-electron chi connectivity index (χ4n) is 3.22. The van der Waals surface area contributed by atoms with Gasteiger partial charge >= 0.3 is 0 Å². The Labute approximate surface area is 145 Å². The van der Waals surface area contributed by atoms with Gasteiger partial charge in [0.15, 0.2) is 5.79 Å². The van der Waals surface area contributed by atoms with Gasteiger partial charge in [-0.25, -0.2) is 15.8 Å². The highest BCUT2D eigenvalue weighted by Gasteiger charge is 2.43. The van der Waals surface area contributed by atoms with Gasteiger partial charge in [-0.2, -0.15) is 5.01 Å². The van der Waals surface area contributed by atoms with E-state index in [0.717, 1.165) is 27.9 Å². The first-order valence-electron chi connectivity index (χ1n) is 8.01. The van der Waals surface area contributed by atoms with Gasteiger partial charge in [-0.05, 0) is 29.8 Å². The van der Waals surface area contributed by atoms with E-state index in [1.54, 1.807) is 18.3 Å². The predicted molar refractivity (Wildman–Crippen MR) is 94.7 cm³/mol. The van der Waals surface area contributed by atoms with Gasteiger partial charge in [-0.15, -0.1) is 0 Å². The summed E-state index contributed by atoms with van der Waals surface area (Å²) in [6, 6.07) is 11.7. The van der Waals surface area contributed by atoms with E-state index in [0.29, 0.717) is 6.42 Å². The van der Waals surface area contributed by atoms with Crippen molar-refractivity contribution in [1.29, 1.82) is 0 Å². The van der Waals surface area contributed by atoms with E-state index >= 15 is 0 Å². The second kappa shape index (κ2) is 6.10. The van der Waals surface area contributed by atoms with Gasteiger partial charge in [0.1, 0.15) is 17.6 Å². The minimum atomic E-state index is -0.942. The normalized spacial score (nSPS) is 24.0. The largest absolute Gasteiger partial charge is 0.497 e. The number of ether oxygens (including phenoxy) is 1. The molecule has 4 rings (SSSR count). The molecular formula is C17H21N7O. The van der Waals surface area contributed by atoms with Crippen LogP contribution in [0.25, 0.3) is 11.0 Å². The zero-order valence-corrected chi connectivity index (χ0v) is 13.9. The van der Waals surface area contributed by atoms with E-state index < -0.39 is 5.79 Å². The van der Waals surface area contributed by atoms with Crippen molar-refractivity contribution < 1.29 is 4.74 Å². The molecule has 0 spiro atoms. The average molecular weight is 339 g/mol. The van der Waals surface area contributed by atoms with E-state index in [2.05, 4.69) is 20.8 Å². The molecule has 2 aromatic heterocycles. The summed E-state index contributed by atoms with van der Waals surface area (Å²) in [5, 5.41) is 2.60. The highest BCUT2D eigenvalue weighted by atomic mass is 16.5. The number of pyridine rings is 1. The molecular weight excluding hydrogens is 318 g/mol. The molecule has 1 aromatic carbocycles. The summed E-state index contributed by atoms with van der Waals surface area (Å²) in [5.41, 5.74) is 15.7. The van der Waals surface area contributed by atoms with Crippen LogP contribution in [0.1, 0.15) is 17.3 Å². The molecule has 2 unspecified atom stereocenters. The van der Waals surface area contributed by atoms with Gasteiger partial charge in [0.2, 0.25) is 0 Å². The van der Waals surface area contributed by atoms with E-state index in [-0.39, 0.29) is 6.17 Å². The van der Waals surface area contributed by atoms with Crippen molar-refractivity contribution in [2.75, 3.05) is 7.11 Å². The van der Waals surface area contributed by atoms with Gasteiger partial charge in [-0.1, -0.05) is 12.1 Å². The number of fused-ring (bicyclic) bond motifs is 1. The Morgan fingerprint density at radius 2 is 2.20 bits per heavy atom. The quantitative estimate of drug-likeness (QED) is 0.444. The highest BCUT2D eigenvalue weighted by molar-refractivity contribution is 5.80. The minimum absolute atomic E-state index is 0.284. The van der Waals surface area contributed by atoms with Crippen LogP contribution >= 0.6 is 0 Å². The maximum absolute atomic E-state index is 6.53. The van der Waals surface area contributed by atoms with Gasteiger partial charge in [-0.3, -0.25) is 11.6 Å². The first-order chi connectivity index (χ1) is 12.1. The second-order valence-corrected chi connectivity index (χ2v) is 6.18. The predicted octanol–water partition coefficient (Wildman–Crippen LogP) is 0.709. The van der Waals surface area contributed by atoms with Crippen LogP contribution in [0.4, 0.5) is 0 Å². The third-order valence-corrected chi connectivity index (χ3v) is 4.55. The summed E-state index contributed by atoms with van der Waals surface area (Å²) < 4.78 is 5.27. The first kappa shape index (κ1) is 16.0. The lowest BCUT2D eigenvalue weighted by Gasteiger charge is -2.32. The lowest BCUT2D eigenvalue weighted by Crippen LogP contribution is -2.64. The first-order valence-corrected chi connectivity index (χ1v) is 8.01. The van der Waals surface area contributed by atoms with E-state index in [9.17, 15) is 0 Å².